The van der Waals surface area contributed by atoms with Crippen molar-refractivity contribution in [1.82, 2.24) is 19.7 Å². The Morgan fingerprint density at radius 3 is 2.45 bits per heavy atom. The van der Waals surface area contributed by atoms with Crippen molar-refractivity contribution >= 4 is 11.8 Å². The van der Waals surface area contributed by atoms with Gasteiger partial charge in [-0.2, -0.15) is 0 Å². The first-order valence-corrected chi connectivity index (χ1v) is 12.9. The molecule has 2 aliphatic heterocycles. The third-order valence-corrected chi connectivity index (χ3v) is 7.68. The highest BCUT2D eigenvalue weighted by atomic mass is 32.2. The van der Waals surface area contributed by atoms with Crippen LogP contribution in [0.5, 0.6) is 0 Å². The fraction of sp³-hybridized carbons (Fsp3) is 0.462. The fourth-order valence-electron chi connectivity index (χ4n) is 4.79. The van der Waals surface area contributed by atoms with Crippen molar-refractivity contribution in [1.29, 1.82) is 0 Å². The molecule has 2 aliphatic rings. The smallest absolute Gasteiger partial charge is 0.191 e. The quantitative estimate of drug-likeness (QED) is 0.423. The van der Waals surface area contributed by atoms with Gasteiger partial charge in [-0.25, -0.2) is 4.39 Å². The predicted octanol–water partition coefficient (Wildman–Crippen LogP) is 5.27. The van der Waals surface area contributed by atoms with Gasteiger partial charge in [-0.15, -0.1) is 10.2 Å². The lowest BCUT2D eigenvalue weighted by molar-refractivity contribution is 0.0931. The summed E-state index contributed by atoms with van der Waals surface area (Å²) in [6, 6.07) is 17.4. The normalized spacial score (nSPS) is 19.8. The summed E-state index contributed by atoms with van der Waals surface area (Å²) in [4.78, 5) is 2.54. The maximum atomic E-state index is 13.2. The molecule has 0 aliphatic carbocycles. The molecule has 0 amide bonds. The Labute approximate surface area is 199 Å². The highest BCUT2D eigenvalue weighted by Gasteiger charge is 2.28. The molecule has 5 rings (SSSR count). The number of rotatable bonds is 8. The zero-order valence-corrected chi connectivity index (χ0v) is 19.7. The second kappa shape index (κ2) is 10.8. The van der Waals surface area contributed by atoms with Gasteiger partial charge in [-0.1, -0.05) is 54.2 Å². The number of nitrogens with zero attached hydrogens (tertiary/aromatic N) is 4. The average Bonchev–Trinajstić information content (AvgIpc) is 3.51. The van der Waals surface area contributed by atoms with Gasteiger partial charge in [0.25, 0.3) is 0 Å². The van der Waals surface area contributed by atoms with E-state index < -0.39 is 0 Å². The van der Waals surface area contributed by atoms with Crippen molar-refractivity contribution in [3.05, 3.63) is 77.4 Å². The molecule has 33 heavy (non-hydrogen) atoms. The second-order valence-corrected chi connectivity index (χ2v) is 9.98. The van der Waals surface area contributed by atoms with E-state index in [1.165, 1.54) is 17.7 Å². The minimum absolute atomic E-state index is 0.203. The van der Waals surface area contributed by atoms with Crippen LogP contribution in [0.25, 0.3) is 0 Å². The predicted molar refractivity (Wildman–Crippen MR) is 129 cm³/mol. The van der Waals surface area contributed by atoms with Crippen LogP contribution in [-0.2, 0) is 23.6 Å². The van der Waals surface area contributed by atoms with Gasteiger partial charge in [0, 0.05) is 24.8 Å². The van der Waals surface area contributed by atoms with E-state index in [1.54, 1.807) is 11.8 Å². The van der Waals surface area contributed by atoms with Crippen LogP contribution in [-0.4, -0.2) is 45.5 Å². The molecule has 0 bridgehead atoms. The molecule has 0 radical (unpaired) electrons. The Hall–Kier alpha value is -2.22. The molecule has 1 atom stereocenters. The zero-order chi connectivity index (χ0) is 22.5. The van der Waals surface area contributed by atoms with E-state index in [1.807, 2.05) is 12.1 Å². The standard InChI is InChI=1S/C26H31FN4OS/c27-23-10-8-21(9-11-23)19-33-26-29-28-25(31(26)18-24-7-4-16-32-24)22-12-14-30(15-13-22)17-20-5-2-1-3-6-20/h1-3,5-6,8-11,22,24H,4,7,12-19H2. The first-order chi connectivity index (χ1) is 16.2. The van der Waals surface area contributed by atoms with Crippen LogP contribution in [0.15, 0.2) is 59.8 Å². The molecule has 5 nitrogen and oxygen atoms in total. The first kappa shape index (κ1) is 22.6. The van der Waals surface area contributed by atoms with Crippen LogP contribution in [0.2, 0.25) is 0 Å². The molecule has 2 saturated heterocycles. The number of ether oxygens (including phenoxy) is 1. The molecule has 3 aromatic rings. The van der Waals surface area contributed by atoms with Gasteiger partial charge >= 0.3 is 0 Å². The van der Waals surface area contributed by atoms with Crippen LogP contribution in [0.1, 0.15) is 48.6 Å². The maximum absolute atomic E-state index is 13.2. The van der Waals surface area contributed by atoms with E-state index in [4.69, 9.17) is 4.74 Å². The lowest BCUT2D eigenvalue weighted by Gasteiger charge is -2.32. The zero-order valence-electron chi connectivity index (χ0n) is 18.9. The van der Waals surface area contributed by atoms with Gasteiger partial charge in [-0.05, 0) is 62.0 Å². The van der Waals surface area contributed by atoms with Crippen LogP contribution < -0.4 is 0 Å². The van der Waals surface area contributed by atoms with Gasteiger partial charge in [0.15, 0.2) is 5.16 Å². The summed E-state index contributed by atoms with van der Waals surface area (Å²) in [6.45, 7) is 4.82. The number of aromatic nitrogens is 3. The number of halogens is 1. The molecule has 0 saturated carbocycles. The third kappa shape index (κ3) is 5.83. The van der Waals surface area contributed by atoms with Crippen LogP contribution in [0.3, 0.4) is 0 Å². The van der Waals surface area contributed by atoms with E-state index in [2.05, 4.69) is 50.0 Å². The molecular weight excluding hydrogens is 435 g/mol. The van der Waals surface area contributed by atoms with E-state index in [0.29, 0.717) is 5.92 Å². The highest BCUT2D eigenvalue weighted by molar-refractivity contribution is 7.98. The molecule has 1 aromatic heterocycles. The van der Waals surface area contributed by atoms with Crippen LogP contribution in [0, 0.1) is 5.82 Å². The molecule has 3 heterocycles. The Morgan fingerprint density at radius 2 is 1.73 bits per heavy atom. The van der Waals surface area contributed by atoms with Crippen molar-refractivity contribution in [2.75, 3.05) is 19.7 Å². The van der Waals surface area contributed by atoms with E-state index >= 15 is 0 Å². The van der Waals surface area contributed by atoms with Crippen LogP contribution in [0.4, 0.5) is 4.39 Å². The molecule has 174 valence electrons. The summed E-state index contributed by atoms with van der Waals surface area (Å²) in [5.41, 5.74) is 2.46. The Kier molecular flexibility index (Phi) is 7.39. The molecular formula is C26H31FN4OS. The van der Waals surface area contributed by atoms with Gasteiger partial charge in [-0.3, -0.25) is 4.90 Å². The molecule has 2 aromatic carbocycles. The first-order valence-electron chi connectivity index (χ1n) is 11.9. The van der Waals surface area contributed by atoms with Crippen molar-refractivity contribution in [3.8, 4) is 0 Å². The third-order valence-electron chi connectivity index (χ3n) is 6.64. The topological polar surface area (TPSA) is 43.2 Å². The van der Waals surface area contributed by atoms with E-state index in [-0.39, 0.29) is 11.9 Å². The number of hydrogen-bond acceptors (Lipinski definition) is 5. The number of benzene rings is 2. The van der Waals surface area contributed by atoms with Gasteiger partial charge in [0.05, 0.1) is 12.6 Å². The summed E-state index contributed by atoms with van der Waals surface area (Å²) < 4.78 is 21.5. The largest absolute Gasteiger partial charge is 0.376 e. The monoisotopic (exact) mass is 466 g/mol. The van der Waals surface area contributed by atoms with Gasteiger partial charge in [0.2, 0.25) is 0 Å². The van der Waals surface area contributed by atoms with Crippen molar-refractivity contribution in [3.63, 3.8) is 0 Å². The summed E-state index contributed by atoms with van der Waals surface area (Å²) in [6.07, 6.45) is 4.65. The summed E-state index contributed by atoms with van der Waals surface area (Å²) >= 11 is 1.68. The van der Waals surface area contributed by atoms with Gasteiger partial charge < -0.3 is 9.30 Å². The van der Waals surface area contributed by atoms with Crippen LogP contribution >= 0.6 is 11.8 Å². The van der Waals surface area contributed by atoms with Crippen molar-refractivity contribution in [2.24, 2.45) is 0 Å². The van der Waals surface area contributed by atoms with Crippen molar-refractivity contribution in [2.45, 2.75) is 61.7 Å². The second-order valence-electron chi connectivity index (χ2n) is 9.04. The average molecular weight is 467 g/mol. The Morgan fingerprint density at radius 1 is 0.939 bits per heavy atom. The molecule has 0 spiro atoms. The summed E-state index contributed by atoms with van der Waals surface area (Å²) in [7, 11) is 0. The van der Waals surface area contributed by atoms with E-state index in [9.17, 15) is 4.39 Å². The van der Waals surface area contributed by atoms with Gasteiger partial charge in [0.1, 0.15) is 11.6 Å². The Balaban J connectivity index is 1.26. The number of likely N-dealkylation sites (tertiary alicyclic amines) is 1. The molecule has 0 N–H and O–H groups in total. The number of piperidine rings is 1. The maximum Gasteiger partial charge on any atom is 0.191 e. The summed E-state index contributed by atoms with van der Waals surface area (Å²) in [5.74, 6) is 2.07. The molecule has 1 unspecified atom stereocenters. The minimum atomic E-state index is -0.203. The minimum Gasteiger partial charge on any atom is -0.376 e. The van der Waals surface area contributed by atoms with Crippen molar-refractivity contribution < 1.29 is 9.13 Å². The molecule has 7 heteroatoms. The molecule has 2 fully saturated rings. The van der Waals surface area contributed by atoms with E-state index in [0.717, 1.165) is 80.8 Å². The highest BCUT2D eigenvalue weighted by Crippen LogP contribution is 2.32. The Bertz CT molecular complexity index is 1010. The summed E-state index contributed by atoms with van der Waals surface area (Å²) in [5, 5.41) is 10.2. The number of thioether (sulfide) groups is 1. The SMILES string of the molecule is Fc1ccc(CSc2nnc(C3CCN(Cc4ccccc4)CC3)n2CC2CCCO2)cc1. The fourth-order valence-corrected chi connectivity index (χ4v) is 5.70. The lowest BCUT2D eigenvalue weighted by atomic mass is 9.95. The lowest BCUT2D eigenvalue weighted by Crippen LogP contribution is -2.33. The number of hydrogen-bond donors (Lipinski definition) is 0.